The van der Waals surface area contributed by atoms with Crippen LogP contribution in [0.4, 0.5) is 10.7 Å². The summed E-state index contributed by atoms with van der Waals surface area (Å²) >= 11 is 10.4. The van der Waals surface area contributed by atoms with E-state index < -0.39 is 0 Å². The first-order chi connectivity index (χ1) is 16.0. The normalized spacial score (nSPS) is 10.6. The van der Waals surface area contributed by atoms with Gasteiger partial charge in [-0.3, -0.25) is 4.68 Å². The Balaban J connectivity index is 1.46. The van der Waals surface area contributed by atoms with Gasteiger partial charge in [-0.15, -0.1) is 11.3 Å². The van der Waals surface area contributed by atoms with Crippen LogP contribution in [0.25, 0.3) is 10.4 Å². The van der Waals surface area contributed by atoms with E-state index in [0.717, 1.165) is 26.2 Å². The molecule has 2 aromatic carbocycles. The number of hydrogen-bond donors (Lipinski definition) is 2. The lowest BCUT2D eigenvalue weighted by Crippen LogP contribution is -2.19. The van der Waals surface area contributed by atoms with E-state index in [9.17, 15) is 4.79 Å². The zero-order chi connectivity index (χ0) is 23.2. The summed E-state index contributed by atoms with van der Waals surface area (Å²) in [6.07, 6.45) is 3.59. The van der Waals surface area contributed by atoms with Crippen molar-refractivity contribution in [3.8, 4) is 10.4 Å². The first-order valence-corrected chi connectivity index (χ1v) is 12.2. The third-order valence-electron chi connectivity index (χ3n) is 4.66. The number of carbonyl (C=O) groups excluding carboxylic acids is 1. The SMILES string of the molecule is CCOC(=O)c1cc(-c2ccccc2)sc1NC(=S)Nc1cnn(Cc2ccc(Br)cc2)c1. The summed E-state index contributed by atoms with van der Waals surface area (Å²) in [4.78, 5) is 13.5. The third-order valence-corrected chi connectivity index (χ3v) is 6.49. The van der Waals surface area contributed by atoms with Crippen molar-refractivity contribution in [2.24, 2.45) is 0 Å². The topological polar surface area (TPSA) is 68.2 Å². The number of nitrogens with zero attached hydrogens (tertiary/aromatic N) is 2. The van der Waals surface area contributed by atoms with Gasteiger partial charge in [0.25, 0.3) is 0 Å². The zero-order valence-electron chi connectivity index (χ0n) is 17.7. The molecule has 0 bridgehead atoms. The van der Waals surface area contributed by atoms with Crippen LogP contribution in [-0.2, 0) is 11.3 Å². The van der Waals surface area contributed by atoms with Crippen molar-refractivity contribution >= 4 is 61.3 Å². The molecule has 0 aliphatic carbocycles. The molecule has 4 aromatic rings. The maximum Gasteiger partial charge on any atom is 0.341 e. The van der Waals surface area contributed by atoms with E-state index in [2.05, 4.69) is 31.7 Å². The first-order valence-electron chi connectivity index (χ1n) is 10.2. The zero-order valence-corrected chi connectivity index (χ0v) is 21.0. The number of esters is 1. The summed E-state index contributed by atoms with van der Waals surface area (Å²) in [6.45, 7) is 2.73. The van der Waals surface area contributed by atoms with Gasteiger partial charge in [0.15, 0.2) is 5.11 Å². The predicted molar refractivity (Wildman–Crippen MR) is 141 cm³/mol. The van der Waals surface area contributed by atoms with E-state index in [1.54, 1.807) is 13.1 Å². The van der Waals surface area contributed by atoms with Gasteiger partial charge in [0.05, 0.1) is 30.6 Å². The van der Waals surface area contributed by atoms with Gasteiger partial charge in [-0.2, -0.15) is 5.10 Å². The highest BCUT2D eigenvalue weighted by atomic mass is 79.9. The molecule has 168 valence electrons. The Bertz CT molecular complexity index is 1250. The molecule has 0 aliphatic heterocycles. The Labute approximate surface area is 209 Å². The molecule has 0 saturated carbocycles. The van der Waals surface area contributed by atoms with Crippen LogP contribution in [0.1, 0.15) is 22.8 Å². The second kappa shape index (κ2) is 10.7. The predicted octanol–water partition coefficient (Wildman–Crippen LogP) is 6.41. The van der Waals surface area contributed by atoms with Crippen molar-refractivity contribution in [1.82, 2.24) is 9.78 Å². The summed E-state index contributed by atoms with van der Waals surface area (Å²) in [5.74, 6) is -0.386. The number of thiophene rings is 1. The standard InChI is InChI=1S/C24H21BrN4O2S2/c1-2-31-23(30)20-12-21(17-6-4-3-5-7-17)33-22(20)28-24(32)27-19-13-26-29(15-19)14-16-8-10-18(25)11-9-16/h3-13,15H,2,14H2,1H3,(H2,27,28,32). The lowest BCUT2D eigenvalue weighted by atomic mass is 10.1. The fraction of sp³-hybridized carbons (Fsp3) is 0.125. The highest BCUT2D eigenvalue weighted by molar-refractivity contribution is 9.10. The summed E-state index contributed by atoms with van der Waals surface area (Å²) in [7, 11) is 0. The highest BCUT2D eigenvalue weighted by Crippen LogP contribution is 2.36. The summed E-state index contributed by atoms with van der Waals surface area (Å²) in [6, 6.07) is 19.8. The minimum Gasteiger partial charge on any atom is -0.462 e. The lowest BCUT2D eigenvalue weighted by Gasteiger charge is -2.09. The van der Waals surface area contributed by atoms with E-state index in [1.807, 2.05) is 71.5 Å². The molecule has 0 unspecified atom stereocenters. The second-order valence-electron chi connectivity index (χ2n) is 7.07. The molecular formula is C24H21BrN4O2S2. The fourth-order valence-electron chi connectivity index (χ4n) is 3.15. The van der Waals surface area contributed by atoms with Gasteiger partial charge in [0.1, 0.15) is 5.00 Å². The van der Waals surface area contributed by atoms with Crippen molar-refractivity contribution < 1.29 is 9.53 Å². The molecule has 4 rings (SSSR count). The second-order valence-corrected chi connectivity index (χ2v) is 9.45. The number of aromatic nitrogens is 2. The number of benzene rings is 2. The molecule has 0 spiro atoms. The van der Waals surface area contributed by atoms with Crippen LogP contribution in [0.3, 0.4) is 0 Å². The molecule has 2 N–H and O–H groups in total. The molecule has 9 heteroatoms. The smallest absolute Gasteiger partial charge is 0.341 e. The van der Waals surface area contributed by atoms with E-state index in [1.165, 1.54) is 11.3 Å². The molecule has 0 radical (unpaired) electrons. The van der Waals surface area contributed by atoms with Crippen molar-refractivity contribution in [3.63, 3.8) is 0 Å². The van der Waals surface area contributed by atoms with Crippen LogP contribution in [0, 0.1) is 0 Å². The molecule has 0 aliphatic rings. The van der Waals surface area contributed by atoms with Gasteiger partial charge in [0.2, 0.25) is 0 Å². The average Bonchev–Trinajstić information content (AvgIpc) is 3.43. The Kier molecular flexibility index (Phi) is 7.54. The Morgan fingerprint density at radius 1 is 1.15 bits per heavy atom. The number of nitrogens with one attached hydrogen (secondary N) is 2. The van der Waals surface area contributed by atoms with Crippen molar-refractivity contribution in [3.05, 3.63) is 88.7 Å². The number of hydrogen-bond acceptors (Lipinski definition) is 5. The molecule has 0 fully saturated rings. The van der Waals surface area contributed by atoms with Gasteiger partial charge in [-0.25, -0.2) is 4.79 Å². The molecule has 6 nitrogen and oxygen atoms in total. The van der Waals surface area contributed by atoms with Gasteiger partial charge in [-0.05, 0) is 48.5 Å². The van der Waals surface area contributed by atoms with Crippen LogP contribution in [-0.4, -0.2) is 27.5 Å². The Hall–Kier alpha value is -3.01. The number of anilines is 2. The van der Waals surface area contributed by atoms with E-state index >= 15 is 0 Å². The van der Waals surface area contributed by atoms with E-state index in [-0.39, 0.29) is 5.97 Å². The van der Waals surface area contributed by atoms with Gasteiger partial charge >= 0.3 is 5.97 Å². The molecular weight excluding hydrogens is 520 g/mol. The highest BCUT2D eigenvalue weighted by Gasteiger charge is 2.19. The van der Waals surface area contributed by atoms with Crippen LogP contribution < -0.4 is 10.6 Å². The minimum atomic E-state index is -0.386. The van der Waals surface area contributed by atoms with E-state index in [4.69, 9.17) is 17.0 Å². The average molecular weight is 541 g/mol. The van der Waals surface area contributed by atoms with Crippen molar-refractivity contribution in [2.75, 3.05) is 17.2 Å². The van der Waals surface area contributed by atoms with Crippen molar-refractivity contribution in [2.45, 2.75) is 13.5 Å². The maximum atomic E-state index is 12.5. The molecule has 0 atom stereocenters. The van der Waals surface area contributed by atoms with Crippen LogP contribution >= 0.6 is 39.5 Å². The molecule has 2 heterocycles. The number of thiocarbonyl (C=S) groups is 1. The molecule has 0 saturated heterocycles. The summed E-state index contributed by atoms with van der Waals surface area (Å²) < 4.78 is 8.10. The largest absolute Gasteiger partial charge is 0.462 e. The molecule has 0 amide bonds. The Morgan fingerprint density at radius 3 is 2.64 bits per heavy atom. The van der Waals surface area contributed by atoms with Crippen molar-refractivity contribution in [1.29, 1.82) is 0 Å². The molecule has 33 heavy (non-hydrogen) atoms. The van der Waals surface area contributed by atoms with Gasteiger partial charge in [0, 0.05) is 15.5 Å². The monoisotopic (exact) mass is 540 g/mol. The first kappa shape index (κ1) is 23.2. The number of ether oxygens (including phenoxy) is 1. The van der Waals surface area contributed by atoms with Crippen LogP contribution in [0.15, 0.2) is 77.5 Å². The molecule has 2 aromatic heterocycles. The van der Waals surface area contributed by atoms with Crippen LogP contribution in [0.2, 0.25) is 0 Å². The quantitative estimate of drug-likeness (QED) is 0.208. The van der Waals surface area contributed by atoms with E-state index in [0.29, 0.717) is 28.8 Å². The lowest BCUT2D eigenvalue weighted by molar-refractivity contribution is 0.0528. The number of halogens is 1. The summed E-state index contributed by atoms with van der Waals surface area (Å²) in [5, 5.41) is 11.7. The number of rotatable bonds is 7. The number of carbonyl (C=O) groups is 1. The maximum absolute atomic E-state index is 12.5. The Morgan fingerprint density at radius 2 is 1.91 bits per heavy atom. The fourth-order valence-corrected chi connectivity index (χ4v) is 4.75. The van der Waals surface area contributed by atoms with Gasteiger partial charge < -0.3 is 15.4 Å². The van der Waals surface area contributed by atoms with Crippen LogP contribution in [0.5, 0.6) is 0 Å². The van der Waals surface area contributed by atoms with Gasteiger partial charge in [-0.1, -0.05) is 58.4 Å². The minimum absolute atomic E-state index is 0.301. The third kappa shape index (κ3) is 6.07. The summed E-state index contributed by atoms with van der Waals surface area (Å²) in [5.41, 5.74) is 3.37.